The molecule has 0 amide bonds. The number of nitrogens with one attached hydrogen (secondary N) is 1. The molecule has 2 heterocycles. The number of rotatable bonds is 1. The number of para-hydroxylation sites is 1. The standard InChI is InChI=1S/C23H26N2O/c1-25-14-12-17(13-15-25)23(26)20-8-4-2-6-16(20)10-11-19-18-7-3-5-9-21(18)24-22(19)23/h2-9,17,24,26H,10-15H2,1H3. The molecule has 3 nitrogen and oxygen atoms in total. The van der Waals surface area contributed by atoms with E-state index in [2.05, 4.69) is 65.5 Å². The van der Waals surface area contributed by atoms with E-state index in [9.17, 15) is 5.11 Å². The van der Waals surface area contributed by atoms with Crippen LogP contribution in [-0.2, 0) is 18.4 Å². The molecule has 0 bridgehead atoms. The lowest BCUT2D eigenvalue weighted by Gasteiger charge is -2.41. The van der Waals surface area contributed by atoms with Gasteiger partial charge in [-0.05, 0) is 68.6 Å². The minimum Gasteiger partial charge on any atom is -0.379 e. The molecule has 1 atom stereocenters. The molecule has 0 spiro atoms. The summed E-state index contributed by atoms with van der Waals surface area (Å²) in [6.07, 6.45) is 4.01. The van der Waals surface area contributed by atoms with Crippen molar-refractivity contribution >= 4 is 10.9 Å². The third-order valence-corrected chi connectivity index (χ3v) is 6.58. The van der Waals surface area contributed by atoms with Crippen LogP contribution in [0.2, 0.25) is 0 Å². The first kappa shape index (κ1) is 16.1. The van der Waals surface area contributed by atoms with E-state index < -0.39 is 5.60 Å². The fourth-order valence-electron chi connectivity index (χ4n) is 5.14. The van der Waals surface area contributed by atoms with Crippen LogP contribution in [-0.4, -0.2) is 35.1 Å². The van der Waals surface area contributed by atoms with Gasteiger partial charge in [0.15, 0.2) is 0 Å². The highest BCUT2D eigenvalue weighted by molar-refractivity contribution is 5.85. The lowest BCUT2D eigenvalue weighted by molar-refractivity contribution is -0.0142. The van der Waals surface area contributed by atoms with Crippen LogP contribution in [0.1, 0.15) is 35.2 Å². The Kier molecular flexibility index (Phi) is 3.70. The van der Waals surface area contributed by atoms with Gasteiger partial charge in [-0.3, -0.25) is 0 Å². The zero-order valence-corrected chi connectivity index (χ0v) is 15.3. The van der Waals surface area contributed by atoms with E-state index >= 15 is 0 Å². The molecule has 0 radical (unpaired) electrons. The molecular weight excluding hydrogens is 320 g/mol. The molecule has 1 aromatic heterocycles. The Hall–Kier alpha value is -2.10. The SMILES string of the molecule is CN1CCC(C2(O)c3ccccc3CCc3c2[nH]c2ccccc32)CC1. The summed E-state index contributed by atoms with van der Waals surface area (Å²) in [5.74, 6) is 0.241. The summed E-state index contributed by atoms with van der Waals surface area (Å²) >= 11 is 0. The first-order valence-corrected chi connectivity index (χ1v) is 9.77. The summed E-state index contributed by atoms with van der Waals surface area (Å²) < 4.78 is 0. The maximum absolute atomic E-state index is 12.3. The van der Waals surface area contributed by atoms with E-state index in [0.717, 1.165) is 55.5 Å². The van der Waals surface area contributed by atoms with Gasteiger partial charge in [0.25, 0.3) is 0 Å². The van der Waals surface area contributed by atoms with Crippen LogP contribution in [0.15, 0.2) is 48.5 Å². The van der Waals surface area contributed by atoms with Gasteiger partial charge in [0.1, 0.15) is 5.60 Å². The number of aromatic amines is 1. The maximum atomic E-state index is 12.3. The fourth-order valence-corrected chi connectivity index (χ4v) is 5.14. The zero-order chi connectivity index (χ0) is 17.7. The summed E-state index contributed by atoms with van der Waals surface area (Å²) in [6.45, 7) is 2.09. The number of benzene rings is 2. The van der Waals surface area contributed by atoms with E-state index in [4.69, 9.17) is 0 Å². The van der Waals surface area contributed by atoms with E-state index in [1.54, 1.807) is 0 Å². The molecule has 1 fully saturated rings. The van der Waals surface area contributed by atoms with Crippen LogP contribution in [0.25, 0.3) is 10.9 Å². The van der Waals surface area contributed by atoms with E-state index in [0.29, 0.717) is 0 Å². The number of hydrogen-bond acceptors (Lipinski definition) is 2. The van der Waals surface area contributed by atoms with Crippen molar-refractivity contribution in [2.24, 2.45) is 5.92 Å². The van der Waals surface area contributed by atoms with E-state index in [1.165, 1.54) is 16.5 Å². The molecular formula is C23H26N2O. The highest BCUT2D eigenvalue weighted by Crippen LogP contribution is 2.47. The number of likely N-dealkylation sites (tertiary alicyclic amines) is 1. The van der Waals surface area contributed by atoms with Gasteiger partial charge < -0.3 is 15.0 Å². The Bertz CT molecular complexity index is 952. The number of fused-ring (bicyclic) bond motifs is 4. The highest BCUT2D eigenvalue weighted by Gasteiger charge is 2.46. The second kappa shape index (κ2) is 5.97. The van der Waals surface area contributed by atoms with Crippen LogP contribution in [0.3, 0.4) is 0 Å². The highest BCUT2D eigenvalue weighted by atomic mass is 16.3. The largest absolute Gasteiger partial charge is 0.379 e. The van der Waals surface area contributed by atoms with Gasteiger partial charge in [0, 0.05) is 16.8 Å². The number of nitrogens with zero attached hydrogens (tertiary/aromatic N) is 1. The number of aliphatic hydroxyl groups is 1. The molecule has 134 valence electrons. The summed E-state index contributed by atoms with van der Waals surface area (Å²) in [7, 11) is 2.18. The van der Waals surface area contributed by atoms with E-state index in [-0.39, 0.29) is 5.92 Å². The Labute approximate surface area is 154 Å². The average molecular weight is 346 g/mol. The fraction of sp³-hybridized carbons (Fsp3) is 0.391. The van der Waals surface area contributed by atoms with Gasteiger partial charge in [0.2, 0.25) is 0 Å². The monoisotopic (exact) mass is 346 g/mol. The third kappa shape index (κ3) is 2.27. The molecule has 1 unspecified atom stereocenters. The van der Waals surface area contributed by atoms with Crippen LogP contribution in [0, 0.1) is 5.92 Å². The van der Waals surface area contributed by atoms with Gasteiger partial charge in [-0.2, -0.15) is 0 Å². The smallest absolute Gasteiger partial charge is 0.133 e. The number of aromatic nitrogens is 1. The van der Waals surface area contributed by atoms with E-state index in [1.807, 2.05) is 0 Å². The number of piperidine rings is 1. The second-order valence-electron chi connectivity index (χ2n) is 8.03. The van der Waals surface area contributed by atoms with Crippen molar-refractivity contribution < 1.29 is 5.11 Å². The third-order valence-electron chi connectivity index (χ3n) is 6.58. The van der Waals surface area contributed by atoms with Gasteiger partial charge in [-0.25, -0.2) is 0 Å². The Morgan fingerprint density at radius 3 is 2.58 bits per heavy atom. The molecule has 0 saturated carbocycles. The van der Waals surface area contributed by atoms with Crippen molar-refractivity contribution in [2.45, 2.75) is 31.3 Å². The van der Waals surface area contributed by atoms with Gasteiger partial charge in [-0.1, -0.05) is 42.5 Å². The summed E-state index contributed by atoms with van der Waals surface area (Å²) in [5, 5.41) is 13.6. The summed E-state index contributed by atoms with van der Waals surface area (Å²) in [4.78, 5) is 6.00. The van der Waals surface area contributed by atoms with Crippen molar-refractivity contribution in [3.05, 3.63) is 70.9 Å². The molecule has 2 aromatic carbocycles. The van der Waals surface area contributed by atoms with Crippen molar-refractivity contribution in [1.29, 1.82) is 0 Å². The second-order valence-corrected chi connectivity index (χ2v) is 8.03. The number of aryl methyl sites for hydroxylation is 2. The van der Waals surface area contributed by atoms with Crippen molar-refractivity contribution in [2.75, 3.05) is 20.1 Å². The molecule has 2 aliphatic rings. The molecule has 26 heavy (non-hydrogen) atoms. The Morgan fingerprint density at radius 2 is 1.73 bits per heavy atom. The van der Waals surface area contributed by atoms with Gasteiger partial charge in [0.05, 0.1) is 5.69 Å². The zero-order valence-electron chi connectivity index (χ0n) is 15.3. The Balaban J connectivity index is 1.76. The van der Waals surface area contributed by atoms with Crippen molar-refractivity contribution in [3.8, 4) is 0 Å². The lowest BCUT2D eigenvalue weighted by atomic mass is 9.73. The Morgan fingerprint density at radius 1 is 1.00 bits per heavy atom. The molecule has 3 aromatic rings. The predicted molar refractivity (Wildman–Crippen MR) is 105 cm³/mol. The maximum Gasteiger partial charge on any atom is 0.133 e. The van der Waals surface area contributed by atoms with Gasteiger partial charge >= 0.3 is 0 Å². The van der Waals surface area contributed by atoms with Gasteiger partial charge in [-0.15, -0.1) is 0 Å². The van der Waals surface area contributed by atoms with Crippen LogP contribution in [0.4, 0.5) is 0 Å². The van der Waals surface area contributed by atoms with Crippen molar-refractivity contribution in [1.82, 2.24) is 9.88 Å². The molecule has 1 aliphatic heterocycles. The summed E-state index contributed by atoms with van der Waals surface area (Å²) in [5.41, 5.74) is 4.96. The molecule has 1 aliphatic carbocycles. The number of H-pyrrole nitrogens is 1. The van der Waals surface area contributed by atoms with Crippen LogP contribution >= 0.6 is 0 Å². The summed E-state index contributed by atoms with van der Waals surface area (Å²) in [6, 6.07) is 17.0. The molecule has 1 saturated heterocycles. The minimum absolute atomic E-state index is 0.241. The van der Waals surface area contributed by atoms with Crippen LogP contribution < -0.4 is 0 Å². The predicted octanol–water partition coefficient (Wildman–Crippen LogP) is 3.84. The lowest BCUT2D eigenvalue weighted by Crippen LogP contribution is -2.44. The first-order chi connectivity index (χ1) is 12.7. The topological polar surface area (TPSA) is 39.3 Å². The number of hydrogen-bond donors (Lipinski definition) is 2. The van der Waals surface area contributed by atoms with Crippen LogP contribution in [0.5, 0.6) is 0 Å². The molecule has 3 heteroatoms. The average Bonchev–Trinajstić information content (AvgIpc) is 3.00. The molecule has 5 rings (SSSR count). The molecule has 2 N–H and O–H groups in total. The van der Waals surface area contributed by atoms with Crippen molar-refractivity contribution in [3.63, 3.8) is 0 Å². The first-order valence-electron chi connectivity index (χ1n) is 9.77. The normalized spacial score (nSPS) is 24.2. The minimum atomic E-state index is -0.928. The quantitative estimate of drug-likeness (QED) is 0.703.